The molecule has 3 unspecified atom stereocenters. The molecule has 6 aromatic rings. The predicted octanol–water partition coefficient (Wildman–Crippen LogP) is 8.13. The first-order valence-corrected chi connectivity index (χ1v) is 19.6. The van der Waals surface area contributed by atoms with Gasteiger partial charge >= 0.3 is 11.9 Å². The fourth-order valence-corrected chi connectivity index (χ4v) is 7.59. The van der Waals surface area contributed by atoms with Crippen LogP contribution in [0.3, 0.4) is 0 Å². The highest BCUT2D eigenvalue weighted by molar-refractivity contribution is 6.42. The molecule has 12 nitrogen and oxygen atoms in total. The number of fused-ring (bicyclic) bond motifs is 2. The Hall–Kier alpha value is -6.37. The fourth-order valence-electron chi connectivity index (χ4n) is 7.27. The van der Waals surface area contributed by atoms with Crippen molar-refractivity contribution in [2.45, 2.75) is 58.0 Å². The molecule has 2 aromatic heterocycles. The van der Waals surface area contributed by atoms with Gasteiger partial charge in [0.1, 0.15) is 37.3 Å². The van der Waals surface area contributed by atoms with Gasteiger partial charge in [0.05, 0.1) is 16.2 Å². The second kappa shape index (κ2) is 16.8. The van der Waals surface area contributed by atoms with Gasteiger partial charge in [0.2, 0.25) is 5.91 Å². The molecule has 2 aliphatic rings. The number of hydrogen-bond donors (Lipinski definition) is 2. The summed E-state index contributed by atoms with van der Waals surface area (Å²) in [6, 6.07) is 23.7. The molecule has 0 saturated heterocycles. The van der Waals surface area contributed by atoms with E-state index in [1.165, 1.54) is 17.4 Å². The summed E-state index contributed by atoms with van der Waals surface area (Å²) in [5.41, 5.74) is 7.96. The van der Waals surface area contributed by atoms with Crippen LogP contribution in [-0.4, -0.2) is 56.4 Å². The summed E-state index contributed by atoms with van der Waals surface area (Å²) < 4.78 is 23.9. The maximum absolute atomic E-state index is 14.1. The van der Waals surface area contributed by atoms with Gasteiger partial charge < -0.3 is 34.0 Å². The molecule has 2 N–H and O–H groups in total. The summed E-state index contributed by atoms with van der Waals surface area (Å²) in [6.45, 7) is 4.51. The molecular formula is C45H38Cl2N4O8. The van der Waals surface area contributed by atoms with Crippen LogP contribution in [-0.2, 0) is 35.6 Å². The lowest BCUT2D eigenvalue weighted by atomic mass is 9.92. The summed E-state index contributed by atoms with van der Waals surface area (Å²) >= 11 is 12.2. The number of aromatic nitrogens is 2. The van der Waals surface area contributed by atoms with E-state index in [9.17, 15) is 19.5 Å². The van der Waals surface area contributed by atoms with Gasteiger partial charge in [-0.05, 0) is 101 Å². The Balaban J connectivity index is 0.970. The van der Waals surface area contributed by atoms with Crippen molar-refractivity contribution in [3.63, 3.8) is 0 Å². The summed E-state index contributed by atoms with van der Waals surface area (Å²) in [7, 11) is 0. The number of nitrogens with one attached hydrogen (secondary N) is 1. The summed E-state index contributed by atoms with van der Waals surface area (Å²) in [5, 5.41) is 13.9. The molecule has 4 heterocycles. The molecule has 0 fully saturated rings. The number of ether oxygens (including phenoxy) is 3. The lowest BCUT2D eigenvalue weighted by molar-refractivity contribution is -0.142. The topological polar surface area (TPSA) is 153 Å². The van der Waals surface area contributed by atoms with E-state index in [0.717, 1.165) is 50.2 Å². The number of pyridine rings is 1. The van der Waals surface area contributed by atoms with E-state index in [1.807, 2.05) is 86.6 Å². The molecule has 0 bridgehead atoms. The van der Waals surface area contributed by atoms with Gasteiger partial charge in [0, 0.05) is 31.3 Å². The average molecular weight is 834 g/mol. The molecule has 300 valence electrons. The minimum absolute atomic E-state index is 0.00784. The second-order valence-corrected chi connectivity index (χ2v) is 15.3. The molecule has 8 rings (SSSR count). The van der Waals surface area contributed by atoms with Crippen molar-refractivity contribution in [3.8, 4) is 28.4 Å². The molecule has 14 heteroatoms. The van der Waals surface area contributed by atoms with E-state index in [2.05, 4.69) is 15.3 Å². The highest BCUT2D eigenvalue weighted by atomic mass is 35.5. The van der Waals surface area contributed by atoms with Gasteiger partial charge in [-0.2, -0.15) is 0 Å². The number of aryl methyl sites for hydroxylation is 1. The van der Waals surface area contributed by atoms with Gasteiger partial charge in [0.25, 0.3) is 5.89 Å². The molecule has 0 spiro atoms. The molecule has 4 aromatic carbocycles. The van der Waals surface area contributed by atoms with Crippen molar-refractivity contribution in [2.75, 3.05) is 6.61 Å². The molecule has 0 saturated carbocycles. The normalized spacial score (nSPS) is 16.2. The number of hydrogen-bond acceptors (Lipinski definition) is 9. The molecule has 3 atom stereocenters. The Morgan fingerprint density at radius 1 is 0.898 bits per heavy atom. The number of nitrogens with zero attached hydrogens (tertiary/aromatic N) is 3. The third-order valence-corrected chi connectivity index (χ3v) is 11.4. The van der Waals surface area contributed by atoms with Crippen LogP contribution in [0.2, 0.25) is 10.0 Å². The maximum Gasteiger partial charge on any atom is 0.326 e. The van der Waals surface area contributed by atoms with Crippen LogP contribution in [0.4, 0.5) is 0 Å². The zero-order valence-corrected chi connectivity index (χ0v) is 33.5. The number of carbonyl (C=O) groups excluding carboxylic acids is 2. The first-order chi connectivity index (χ1) is 28.5. The average Bonchev–Trinajstić information content (AvgIpc) is 3.79. The maximum atomic E-state index is 14.1. The van der Waals surface area contributed by atoms with E-state index in [4.69, 9.17) is 41.8 Å². The number of amides is 2. The lowest BCUT2D eigenvalue weighted by Crippen LogP contribution is -2.56. The van der Waals surface area contributed by atoms with Gasteiger partial charge in [-0.1, -0.05) is 65.7 Å². The van der Waals surface area contributed by atoms with Crippen molar-refractivity contribution in [1.29, 1.82) is 0 Å². The van der Waals surface area contributed by atoms with Crippen LogP contribution in [0.15, 0.2) is 108 Å². The van der Waals surface area contributed by atoms with Gasteiger partial charge in [-0.25, -0.2) is 9.78 Å². The van der Waals surface area contributed by atoms with Gasteiger partial charge in [-0.15, -0.1) is 0 Å². The zero-order chi connectivity index (χ0) is 41.2. The van der Waals surface area contributed by atoms with Crippen LogP contribution in [0.25, 0.3) is 11.1 Å². The minimum Gasteiger partial charge on any atom is -0.489 e. The molecular weight excluding hydrogens is 795 g/mol. The van der Waals surface area contributed by atoms with Crippen LogP contribution < -0.4 is 19.5 Å². The molecule has 2 aliphatic heterocycles. The van der Waals surface area contributed by atoms with Crippen molar-refractivity contribution >= 4 is 41.0 Å². The Bertz CT molecular complexity index is 2530. The number of carbonyl (C=O) groups is 3. The SMILES string of the molecule is Cc1nccc(-c2ccc(CC(NC(=O)C3Cc4cc5c(cc4CN3C(=O)c3ncco3)OC(c3ccc(OCc4ccc(Cl)c(Cl)c4)cc3)CO5)C(=O)O)cc2)c1C. The van der Waals surface area contributed by atoms with E-state index < -0.39 is 36.0 Å². The van der Waals surface area contributed by atoms with Crippen molar-refractivity contribution in [2.24, 2.45) is 0 Å². The number of oxazole rings is 1. The number of halogens is 2. The van der Waals surface area contributed by atoms with Gasteiger partial charge in [0.15, 0.2) is 17.6 Å². The fraction of sp³-hybridized carbons (Fsp3) is 0.222. The zero-order valence-electron chi connectivity index (χ0n) is 32.0. The van der Waals surface area contributed by atoms with Crippen LogP contribution >= 0.6 is 23.2 Å². The quantitative estimate of drug-likeness (QED) is 0.131. The number of carboxylic acids is 1. The van der Waals surface area contributed by atoms with E-state index in [-0.39, 0.29) is 31.9 Å². The Labute approximate surface area is 349 Å². The highest BCUT2D eigenvalue weighted by Crippen LogP contribution is 2.41. The number of aliphatic carboxylic acids is 1. The Kier molecular flexibility index (Phi) is 11.3. The minimum atomic E-state index is -1.27. The molecule has 0 aliphatic carbocycles. The van der Waals surface area contributed by atoms with E-state index in [0.29, 0.717) is 33.9 Å². The Morgan fingerprint density at radius 2 is 1.66 bits per heavy atom. The van der Waals surface area contributed by atoms with Crippen molar-refractivity contribution in [1.82, 2.24) is 20.2 Å². The highest BCUT2D eigenvalue weighted by Gasteiger charge is 2.39. The third kappa shape index (κ3) is 8.60. The van der Waals surface area contributed by atoms with Crippen molar-refractivity contribution in [3.05, 3.63) is 159 Å². The largest absolute Gasteiger partial charge is 0.489 e. The monoisotopic (exact) mass is 832 g/mol. The van der Waals surface area contributed by atoms with E-state index >= 15 is 0 Å². The number of carboxylic acid groups (broad SMARTS) is 1. The second-order valence-electron chi connectivity index (χ2n) is 14.5. The number of benzene rings is 4. The third-order valence-electron chi connectivity index (χ3n) is 10.7. The summed E-state index contributed by atoms with van der Waals surface area (Å²) in [4.78, 5) is 50.1. The molecule has 2 amide bonds. The predicted molar refractivity (Wildman–Crippen MR) is 219 cm³/mol. The molecule has 59 heavy (non-hydrogen) atoms. The van der Waals surface area contributed by atoms with Crippen LogP contribution in [0, 0.1) is 13.8 Å². The molecule has 0 radical (unpaired) electrons. The van der Waals surface area contributed by atoms with Crippen LogP contribution in [0.1, 0.15) is 55.9 Å². The van der Waals surface area contributed by atoms with Crippen LogP contribution in [0.5, 0.6) is 17.2 Å². The van der Waals surface area contributed by atoms with Crippen molar-refractivity contribution < 1.29 is 38.1 Å². The smallest absolute Gasteiger partial charge is 0.326 e. The lowest BCUT2D eigenvalue weighted by Gasteiger charge is -2.37. The number of rotatable bonds is 11. The summed E-state index contributed by atoms with van der Waals surface area (Å²) in [5.74, 6) is -0.987. The standard InChI is InChI=1S/C45H38Cl2N4O8/c1-25-26(2)48-14-13-34(25)29-6-3-27(4-7-29)18-37(45(54)55)50-42(52)38-19-31-20-39-40(21-32(31)22-51(38)44(53)43-49-15-16-56-43)59-41(24-58-39)30-8-10-33(11-9-30)57-23-28-5-12-35(46)36(47)17-28/h3-17,20-21,37-38,41H,18-19,22-24H2,1-2H3,(H,50,52)(H,54,55). The first kappa shape index (κ1) is 39.5. The Morgan fingerprint density at radius 3 is 2.39 bits per heavy atom. The van der Waals surface area contributed by atoms with Gasteiger partial charge in [-0.3, -0.25) is 14.6 Å². The summed E-state index contributed by atoms with van der Waals surface area (Å²) in [6.07, 6.45) is 4.07. The first-order valence-electron chi connectivity index (χ1n) is 18.9. The van der Waals surface area contributed by atoms with E-state index in [1.54, 1.807) is 18.3 Å².